The molecule has 0 aliphatic carbocycles. The highest BCUT2D eigenvalue weighted by Gasteiger charge is 2.08. The first kappa shape index (κ1) is 15.3. The molecule has 0 saturated heterocycles. The number of nitrogens with one attached hydrogen (secondary N) is 2. The van der Waals surface area contributed by atoms with Crippen molar-refractivity contribution < 1.29 is 14.4 Å². The summed E-state index contributed by atoms with van der Waals surface area (Å²) in [6.07, 6.45) is 6.23. The van der Waals surface area contributed by atoms with E-state index in [0.717, 1.165) is 0 Å². The third-order valence-electron chi connectivity index (χ3n) is 2.15. The Morgan fingerprint density at radius 2 is 2.10 bits per heavy atom. The maximum Gasteiger partial charge on any atom is 0.248 e. The number of nitrogens with zero attached hydrogens (tertiary/aromatic N) is 1. The molecule has 2 amide bonds. The van der Waals surface area contributed by atoms with Crippen molar-refractivity contribution in [2.24, 2.45) is 0 Å². The van der Waals surface area contributed by atoms with Crippen LogP contribution in [0.25, 0.3) is 5.70 Å². The Morgan fingerprint density at radius 1 is 1.30 bits per heavy atom. The van der Waals surface area contributed by atoms with Crippen molar-refractivity contribution in [2.75, 3.05) is 6.54 Å². The molecule has 6 nitrogen and oxygen atoms in total. The lowest BCUT2D eigenvalue weighted by Gasteiger charge is -2.07. The Labute approximate surface area is 116 Å². The predicted octanol–water partition coefficient (Wildman–Crippen LogP) is 0.430. The Morgan fingerprint density at radius 3 is 2.70 bits per heavy atom. The number of aromatic nitrogens is 1. The second-order valence-corrected chi connectivity index (χ2v) is 3.67. The molecular weight excluding hydrogens is 258 g/mol. The van der Waals surface area contributed by atoms with Gasteiger partial charge in [0.2, 0.25) is 11.8 Å². The fourth-order valence-corrected chi connectivity index (χ4v) is 1.35. The topological polar surface area (TPSA) is 88.2 Å². The largest absolute Gasteiger partial charge is 0.346 e. The molecule has 6 heteroatoms. The highest BCUT2D eigenvalue weighted by atomic mass is 16.2. The Bertz CT molecular complexity index is 536. The summed E-state index contributed by atoms with van der Waals surface area (Å²) in [7, 11) is 0. The van der Waals surface area contributed by atoms with E-state index in [1.54, 1.807) is 37.4 Å². The van der Waals surface area contributed by atoms with Crippen LogP contribution >= 0.6 is 0 Å². The number of rotatable bonds is 6. The molecule has 104 valence electrons. The minimum absolute atomic E-state index is 0.0896. The van der Waals surface area contributed by atoms with Gasteiger partial charge in [0.25, 0.3) is 0 Å². The first-order valence-corrected chi connectivity index (χ1v) is 5.95. The number of hydrogen-bond donors (Lipinski definition) is 2. The molecule has 1 heterocycles. The van der Waals surface area contributed by atoms with E-state index in [1.807, 2.05) is 0 Å². The summed E-state index contributed by atoms with van der Waals surface area (Å²) in [6.45, 7) is 1.62. The minimum Gasteiger partial charge on any atom is -0.346 e. The van der Waals surface area contributed by atoms with Gasteiger partial charge in [0.1, 0.15) is 6.29 Å². The van der Waals surface area contributed by atoms with Crippen LogP contribution in [0.5, 0.6) is 0 Å². The van der Waals surface area contributed by atoms with Crippen LogP contribution in [0.2, 0.25) is 0 Å². The van der Waals surface area contributed by atoms with E-state index < -0.39 is 5.91 Å². The molecule has 0 saturated carbocycles. The summed E-state index contributed by atoms with van der Waals surface area (Å²) in [5, 5.41) is 4.92. The van der Waals surface area contributed by atoms with Gasteiger partial charge in [-0.25, -0.2) is 0 Å². The first-order chi connectivity index (χ1) is 9.67. The Balaban J connectivity index is 2.95. The van der Waals surface area contributed by atoms with E-state index >= 15 is 0 Å². The number of amides is 2. The average Bonchev–Trinajstić information content (AvgIpc) is 2.45. The van der Waals surface area contributed by atoms with Crippen molar-refractivity contribution >= 4 is 23.8 Å². The normalized spacial score (nSPS) is 11.2. The standard InChI is InChI=1S/C14H15N3O3/c1-2-5-13(19)17-12(10-14(20)16-8-9-18)11-6-3-4-7-15-11/h2-7,9-10H,8H2,1H3,(H,16,20)(H,17,19)/b5-2+,12-10?. The maximum absolute atomic E-state index is 11.6. The van der Waals surface area contributed by atoms with Crippen LogP contribution in [0.1, 0.15) is 12.6 Å². The molecule has 0 aromatic carbocycles. The Hall–Kier alpha value is -2.76. The van der Waals surface area contributed by atoms with E-state index in [-0.39, 0.29) is 18.1 Å². The maximum atomic E-state index is 11.6. The second-order valence-electron chi connectivity index (χ2n) is 3.67. The van der Waals surface area contributed by atoms with E-state index in [4.69, 9.17) is 0 Å². The molecule has 1 rings (SSSR count). The molecule has 0 spiro atoms. The van der Waals surface area contributed by atoms with Gasteiger partial charge in [-0.15, -0.1) is 0 Å². The van der Waals surface area contributed by atoms with Crippen LogP contribution in [-0.2, 0) is 14.4 Å². The van der Waals surface area contributed by atoms with E-state index in [0.29, 0.717) is 12.0 Å². The fraction of sp³-hybridized carbons (Fsp3) is 0.143. The number of pyridine rings is 1. The van der Waals surface area contributed by atoms with Gasteiger partial charge >= 0.3 is 0 Å². The first-order valence-electron chi connectivity index (χ1n) is 5.95. The highest BCUT2D eigenvalue weighted by molar-refractivity contribution is 6.00. The van der Waals surface area contributed by atoms with Crippen molar-refractivity contribution in [1.29, 1.82) is 0 Å². The molecule has 0 radical (unpaired) electrons. The third kappa shape index (κ3) is 5.26. The molecule has 0 aliphatic rings. The van der Waals surface area contributed by atoms with Gasteiger partial charge in [-0.3, -0.25) is 14.6 Å². The SMILES string of the molecule is C/C=C/C(=O)NC(=CC(=O)NCC=O)c1ccccn1. The predicted molar refractivity (Wildman–Crippen MR) is 74.2 cm³/mol. The van der Waals surface area contributed by atoms with Gasteiger partial charge in [-0.2, -0.15) is 0 Å². The van der Waals surface area contributed by atoms with Crippen LogP contribution in [-0.4, -0.2) is 29.6 Å². The molecule has 0 atom stereocenters. The van der Waals surface area contributed by atoms with Gasteiger partial charge in [-0.1, -0.05) is 12.1 Å². The average molecular weight is 273 g/mol. The third-order valence-corrected chi connectivity index (χ3v) is 2.15. The second kappa shape index (κ2) is 8.36. The van der Waals surface area contributed by atoms with Crippen LogP contribution in [0.3, 0.4) is 0 Å². The molecule has 0 unspecified atom stereocenters. The van der Waals surface area contributed by atoms with Crippen molar-refractivity contribution in [3.63, 3.8) is 0 Å². The number of allylic oxidation sites excluding steroid dienone is 1. The van der Waals surface area contributed by atoms with Crippen LogP contribution in [0, 0.1) is 0 Å². The van der Waals surface area contributed by atoms with Crippen molar-refractivity contribution in [1.82, 2.24) is 15.6 Å². The number of hydrogen-bond acceptors (Lipinski definition) is 4. The quantitative estimate of drug-likeness (QED) is 0.581. The summed E-state index contributed by atoms with van der Waals surface area (Å²) >= 11 is 0. The number of aldehydes is 1. The summed E-state index contributed by atoms with van der Waals surface area (Å²) in [5.74, 6) is -0.855. The van der Waals surface area contributed by atoms with Crippen LogP contribution < -0.4 is 10.6 Å². The van der Waals surface area contributed by atoms with Gasteiger partial charge in [0.15, 0.2) is 0 Å². The van der Waals surface area contributed by atoms with Crippen LogP contribution in [0.4, 0.5) is 0 Å². The summed E-state index contributed by atoms with van der Waals surface area (Å²) in [4.78, 5) is 37.4. The van der Waals surface area contributed by atoms with Gasteiger partial charge < -0.3 is 15.4 Å². The molecule has 0 fully saturated rings. The molecule has 2 N–H and O–H groups in total. The highest BCUT2D eigenvalue weighted by Crippen LogP contribution is 2.07. The fourth-order valence-electron chi connectivity index (χ4n) is 1.35. The van der Waals surface area contributed by atoms with Crippen molar-refractivity contribution in [3.8, 4) is 0 Å². The zero-order chi connectivity index (χ0) is 14.8. The zero-order valence-corrected chi connectivity index (χ0v) is 11.0. The molecule has 1 aromatic rings. The number of carbonyl (C=O) groups excluding carboxylic acids is 3. The van der Waals surface area contributed by atoms with E-state index in [1.165, 1.54) is 12.2 Å². The van der Waals surface area contributed by atoms with Gasteiger partial charge in [0.05, 0.1) is 17.9 Å². The van der Waals surface area contributed by atoms with E-state index in [9.17, 15) is 14.4 Å². The lowest BCUT2D eigenvalue weighted by Crippen LogP contribution is -2.26. The lowest BCUT2D eigenvalue weighted by molar-refractivity contribution is -0.118. The minimum atomic E-state index is -0.487. The smallest absolute Gasteiger partial charge is 0.248 e. The monoisotopic (exact) mass is 273 g/mol. The van der Waals surface area contributed by atoms with Crippen molar-refractivity contribution in [2.45, 2.75) is 6.92 Å². The van der Waals surface area contributed by atoms with Gasteiger partial charge in [0, 0.05) is 12.3 Å². The summed E-state index contributed by atoms with van der Waals surface area (Å²) < 4.78 is 0. The molecular formula is C14H15N3O3. The zero-order valence-electron chi connectivity index (χ0n) is 11.0. The Kier molecular flexibility index (Phi) is 6.40. The molecule has 0 bridgehead atoms. The van der Waals surface area contributed by atoms with Gasteiger partial charge in [-0.05, 0) is 25.1 Å². The lowest BCUT2D eigenvalue weighted by atomic mass is 10.2. The molecule has 0 aliphatic heterocycles. The molecule has 1 aromatic heterocycles. The molecule has 20 heavy (non-hydrogen) atoms. The van der Waals surface area contributed by atoms with Crippen LogP contribution in [0.15, 0.2) is 42.6 Å². The van der Waals surface area contributed by atoms with Crippen molar-refractivity contribution in [3.05, 3.63) is 48.3 Å². The number of carbonyl (C=O) groups is 3. The van der Waals surface area contributed by atoms with E-state index in [2.05, 4.69) is 15.6 Å². The summed E-state index contributed by atoms with van der Waals surface area (Å²) in [6, 6.07) is 5.12. The summed E-state index contributed by atoms with van der Waals surface area (Å²) in [5.41, 5.74) is 0.712.